The third-order valence-electron chi connectivity index (χ3n) is 4.79. The van der Waals surface area contributed by atoms with E-state index in [1.165, 1.54) is 24.3 Å². The van der Waals surface area contributed by atoms with Crippen molar-refractivity contribution in [3.05, 3.63) is 70.8 Å². The van der Waals surface area contributed by atoms with Gasteiger partial charge in [0, 0.05) is 11.1 Å². The van der Waals surface area contributed by atoms with Gasteiger partial charge in [-0.3, -0.25) is 0 Å². The monoisotopic (exact) mass is 426 g/mol. The van der Waals surface area contributed by atoms with Crippen molar-refractivity contribution in [2.75, 3.05) is 0 Å². The van der Waals surface area contributed by atoms with Crippen LogP contribution in [-0.4, -0.2) is 36.4 Å². The fourth-order valence-electron chi connectivity index (χ4n) is 3.28. The van der Waals surface area contributed by atoms with E-state index < -0.39 is 72.8 Å². The van der Waals surface area contributed by atoms with Crippen molar-refractivity contribution in [1.29, 1.82) is 0 Å². The normalized spacial score (nSPS) is 25.2. The minimum Gasteiger partial charge on any atom is -0.453 e. The van der Waals surface area contributed by atoms with Crippen LogP contribution in [0, 0.1) is 23.3 Å². The maximum absolute atomic E-state index is 13.8. The molecule has 0 aliphatic carbocycles. The highest BCUT2D eigenvalue weighted by Crippen LogP contribution is 2.33. The van der Waals surface area contributed by atoms with Crippen LogP contribution in [0.3, 0.4) is 0 Å². The number of carbonyl (C=O) groups excluding carboxylic acids is 2. The van der Waals surface area contributed by atoms with E-state index in [9.17, 15) is 27.2 Å². The second-order valence-corrected chi connectivity index (χ2v) is 6.69. The lowest BCUT2D eigenvalue weighted by atomic mass is 10.1. The second kappa shape index (κ2) is 8.04. The average Bonchev–Trinajstić information content (AvgIpc) is 3.17. The molecule has 2 aliphatic rings. The Balaban J connectivity index is 1.42. The van der Waals surface area contributed by atoms with Crippen molar-refractivity contribution >= 4 is 11.9 Å². The van der Waals surface area contributed by atoms with Gasteiger partial charge in [-0.2, -0.15) is 0 Å². The molecule has 6 nitrogen and oxygen atoms in total. The zero-order valence-electron chi connectivity index (χ0n) is 15.1. The lowest BCUT2D eigenvalue weighted by molar-refractivity contribution is -0.165. The summed E-state index contributed by atoms with van der Waals surface area (Å²) in [6, 6.07) is 6.96. The molecule has 10 heteroatoms. The quantitative estimate of drug-likeness (QED) is 0.523. The largest absolute Gasteiger partial charge is 0.453 e. The number of hydrogen-bond donors (Lipinski definition) is 0. The standard InChI is InChI=1S/C20H14F4O6/c21-11-5-1-3-9(13(11)23)7-27-17-15-16(30-19(17)25)18(20(26)29-15)28-8-10-4-2-6-12(22)14(10)24/h1-6,15-18H,7-8H2/t15-,16-,17-,18-/m1/s1. The van der Waals surface area contributed by atoms with E-state index in [2.05, 4.69) is 0 Å². The van der Waals surface area contributed by atoms with Crippen LogP contribution in [0.25, 0.3) is 0 Å². The fraction of sp³-hybridized carbons (Fsp3) is 0.300. The van der Waals surface area contributed by atoms with E-state index in [1.807, 2.05) is 0 Å². The fourth-order valence-corrected chi connectivity index (χ4v) is 3.28. The Morgan fingerprint density at radius 1 is 0.700 bits per heavy atom. The highest BCUT2D eigenvalue weighted by atomic mass is 19.2. The molecule has 30 heavy (non-hydrogen) atoms. The predicted octanol–water partition coefficient (Wildman–Crippen LogP) is 2.56. The summed E-state index contributed by atoms with van der Waals surface area (Å²) in [6.45, 7) is -0.936. The molecule has 0 saturated carbocycles. The SMILES string of the molecule is O=C1O[C@@H]2[C@@H](OC(=O)[C@@H]2OCc2cccc(F)c2F)[C@H]1OCc1cccc(F)c1F. The molecule has 158 valence electrons. The summed E-state index contributed by atoms with van der Waals surface area (Å²) in [4.78, 5) is 24.2. The maximum Gasteiger partial charge on any atom is 0.339 e. The van der Waals surface area contributed by atoms with E-state index in [-0.39, 0.29) is 11.1 Å². The number of esters is 2. The second-order valence-electron chi connectivity index (χ2n) is 6.69. The molecule has 2 aromatic carbocycles. The zero-order valence-corrected chi connectivity index (χ0v) is 15.1. The number of carbonyl (C=O) groups is 2. The molecule has 2 saturated heterocycles. The molecule has 0 spiro atoms. The van der Waals surface area contributed by atoms with Gasteiger partial charge in [-0.05, 0) is 12.1 Å². The van der Waals surface area contributed by atoms with Crippen molar-refractivity contribution in [1.82, 2.24) is 0 Å². The molecular formula is C20H14F4O6. The summed E-state index contributed by atoms with van der Waals surface area (Å²) in [5, 5.41) is 0. The first-order valence-electron chi connectivity index (χ1n) is 8.87. The van der Waals surface area contributed by atoms with Crippen LogP contribution < -0.4 is 0 Å². The van der Waals surface area contributed by atoms with Crippen molar-refractivity contribution in [2.24, 2.45) is 0 Å². The van der Waals surface area contributed by atoms with Crippen molar-refractivity contribution in [3.63, 3.8) is 0 Å². The molecule has 0 aromatic heterocycles. The van der Waals surface area contributed by atoms with Crippen molar-refractivity contribution in [2.45, 2.75) is 37.6 Å². The minimum absolute atomic E-state index is 0.134. The number of halogens is 4. The Bertz CT molecular complexity index is 918. The molecule has 2 heterocycles. The smallest absolute Gasteiger partial charge is 0.339 e. The van der Waals surface area contributed by atoms with Gasteiger partial charge >= 0.3 is 11.9 Å². The highest BCUT2D eigenvalue weighted by molar-refractivity contribution is 5.85. The van der Waals surface area contributed by atoms with E-state index in [4.69, 9.17) is 18.9 Å². The Morgan fingerprint density at radius 2 is 1.10 bits per heavy atom. The average molecular weight is 426 g/mol. The topological polar surface area (TPSA) is 71.1 Å². The lowest BCUT2D eigenvalue weighted by Gasteiger charge is -2.14. The predicted molar refractivity (Wildman–Crippen MR) is 89.6 cm³/mol. The summed E-state index contributed by atoms with van der Waals surface area (Å²) in [7, 11) is 0. The van der Waals surface area contributed by atoms with E-state index in [0.29, 0.717) is 0 Å². The van der Waals surface area contributed by atoms with Gasteiger partial charge in [0.2, 0.25) is 0 Å². The van der Waals surface area contributed by atoms with Crippen LogP contribution in [0.15, 0.2) is 36.4 Å². The van der Waals surface area contributed by atoms with E-state index >= 15 is 0 Å². The highest BCUT2D eigenvalue weighted by Gasteiger charge is 2.59. The van der Waals surface area contributed by atoms with E-state index in [0.717, 1.165) is 12.1 Å². The zero-order chi connectivity index (χ0) is 21.4. The summed E-state index contributed by atoms with van der Waals surface area (Å²) in [5.41, 5.74) is -0.269. The third-order valence-corrected chi connectivity index (χ3v) is 4.79. The molecule has 2 fully saturated rings. The molecule has 4 rings (SSSR count). The Hall–Kier alpha value is -2.98. The van der Waals surface area contributed by atoms with E-state index in [1.54, 1.807) is 0 Å². The Kier molecular flexibility index (Phi) is 5.44. The first-order valence-corrected chi connectivity index (χ1v) is 8.87. The first-order chi connectivity index (χ1) is 14.4. The number of ether oxygens (including phenoxy) is 4. The van der Waals surface area contributed by atoms with Gasteiger partial charge in [-0.1, -0.05) is 24.3 Å². The van der Waals surface area contributed by atoms with Crippen LogP contribution in [0.4, 0.5) is 17.6 Å². The number of hydrogen-bond acceptors (Lipinski definition) is 6. The number of rotatable bonds is 6. The number of fused-ring (bicyclic) bond motifs is 1. The summed E-state index contributed by atoms with van der Waals surface area (Å²) >= 11 is 0. The van der Waals surface area contributed by atoms with Gasteiger partial charge < -0.3 is 18.9 Å². The van der Waals surface area contributed by atoms with Gasteiger partial charge in [0.15, 0.2) is 47.7 Å². The number of benzene rings is 2. The van der Waals surface area contributed by atoms with Crippen molar-refractivity contribution in [3.8, 4) is 0 Å². The van der Waals surface area contributed by atoms with Gasteiger partial charge in [0.25, 0.3) is 0 Å². The van der Waals surface area contributed by atoms with Crippen LogP contribution in [-0.2, 0) is 41.8 Å². The van der Waals surface area contributed by atoms with Gasteiger partial charge in [-0.15, -0.1) is 0 Å². The van der Waals surface area contributed by atoms with Crippen LogP contribution in [0.1, 0.15) is 11.1 Å². The molecule has 0 bridgehead atoms. The summed E-state index contributed by atoms with van der Waals surface area (Å²) < 4.78 is 74.9. The minimum atomic E-state index is -1.37. The molecule has 0 radical (unpaired) electrons. The first kappa shape index (κ1) is 20.3. The van der Waals surface area contributed by atoms with Gasteiger partial charge in [-0.25, -0.2) is 27.2 Å². The Labute approximate surface area is 167 Å². The lowest BCUT2D eigenvalue weighted by Crippen LogP contribution is -2.34. The molecule has 4 atom stereocenters. The molecule has 0 N–H and O–H groups in total. The third kappa shape index (κ3) is 3.63. The van der Waals surface area contributed by atoms with Gasteiger partial charge in [0.1, 0.15) is 0 Å². The summed E-state index contributed by atoms with van der Waals surface area (Å²) in [6.07, 6.45) is -5.10. The van der Waals surface area contributed by atoms with Crippen LogP contribution in [0.5, 0.6) is 0 Å². The van der Waals surface area contributed by atoms with Crippen LogP contribution >= 0.6 is 0 Å². The summed E-state index contributed by atoms with van der Waals surface area (Å²) in [5.74, 6) is -6.15. The Morgan fingerprint density at radius 3 is 1.50 bits per heavy atom. The molecule has 2 aromatic rings. The molecule has 0 amide bonds. The maximum atomic E-state index is 13.8. The molecule has 0 unspecified atom stereocenters. The van der Waals surface area contributed by atoms with Crippen molar-refractivity contribution < 1.29 is 46.1 Å². The molecular weight excluding hydrogens is 412 g/mol. The molecule has 2 aliphatic heterocycles. The van der Waals surface area contributed by atoms with Crippen LogP contribution in [0.2, 0.25) is 0 Å². The van der Waals surface area contributed by atoms with Gasteiger partial charge in [0.05, 0.1) is 13.2 Å².